The molecule has 0 saturated heterocycles. The number of hydrogen-bond acceptors (Lipinski definition) is 4. The van der Waals surface area contributed by atoms with Crippen LogP contribution in [0.1, 0.15) is 0 Å². The molecule has 1 aliphatic rings. The van der Waals surface area contributed by atoms with Gasteiger partial charge in [-0.25, -0.2) is 0 Å². The minimum atomic E-state index is -1.69. The second-order valence-corrected chi connectivity index (χ2v) is 2.92. The van der Waals surface area contributed by atoms with Crippen molar-refractivity contribution < 1.29 is 20.1 Å². The van der Waals surface area contributed by atoms with Gasteiger partial charge in [-0.2, -0.15) is 0 Å². The Kier molecular flexibility index (Phi) is 2.40. The third-order valence-corrected chi connectivity index (χ3v) is 2.02. The third-order valence-electron chi connectivity index (χ3n) is 2.02. The Morgan fingerprint density at radius 2 is 2.31 bits per heavy atom. The molecule has 0 saturated carbocycles. The molecule has 2 unspecified atom stereocenters. The molecular formula is C8H11NO4. The van der Waals surface area contributed by atoms with Crippen LogP contribution in [0, 0.1) is 5.92 Å². The first-order valence-corrected chi connectivity index (χ1v) is 3.75. The summed E-state index contributed by atoms with van der Waals surface area (Å²) in [5, 5.41) is 27.6. The SMILES string of the molecule is NCC1(O)C=CC=C(O)C1C(=O)O. The second kappa shape index (κ2) is 3.20. The molecule has 0 spiro atoms. The van der Waals surface area contributed by atoms with Gasteiger partial charge in [0.25, 0.3) is 0 Å². The largest absolute Gasteiger partial charge is 0.511 e. The summed E-state index contributed by atoms with van der Waals surface area (Å²) in [5.41, 5.74) is 3.54. The summed E-state index contributed by atoms with van der Waals surface area (Å²) in [6, 6.07) is 0. The van der Waals surface area contributed by atoms with E-state index in [4.69, 9.17) is 10.8 Å². The van der Waals surface area contributed by atoms with E-state index in [1.54, 1.807) is 0 Å². The zero-order chi connectivity index (χ0) is 10.1. The van der Waals surface area contributed by atoms with E-state index in [9.17, 15) is 15.0 Å². The lowest BCUT2D eigenvalue weighted by molar-refractivity contribution is -0.148. The normalized spacial score (nSPS) is 32.8. The van der Waals surface area contributed by atoms with E-state index in [0.29, 0.717) is 0 Å². The van der Waals surface area contributed by atoms with E-state index >= 15 is 0 Å². The molecule has 0 radical (unpaired) electrons. The van der Waals surface area contributed by atoms with Crippen molar-refractivity contribution in [1.29, 1.82) is 0 Å². The first-order chi connectivity index (χ1) is 6.01. The number of carboxylic acids is 1. The van der Waals surface area contributed by atoms with Crippen molar-refractivity contribution in [2.45, 2.75) is 5.60 Å². The maximum absolute atomic E-state index is 10.7. The fourth-order valence-corrected chi connectivity index (χ4v) is 1.29. The van der Waals surface area contributed by atoms with E-state index in [-0.39, 0.29) is 12.3 Å². The number of hydrogen-bond donors (Lipinski definition) is 4. The highest BCUT2D eigenvalue weighted by Crippen LogP contribution is 2.28. The van der Waals surface area contributed by atoms with Gasteiger partial charge in [0.1, 0.15) is 17.3 Å². The van der Waals surface area contributed by atoms with Crippen LogP contribution < -0.4 is 5.73 Å². The molecular weight excluding hydrogens is 174 g/mol. The van der Waals surface area contributed by atoms with E-state index in [1.165, 1.54) is 18.2 Å². The van der Waals surface area contributed by atoms with Gasteiger partial charge in [-0.1, -0.05) is 12.2 Å². The van der Waals surface area contributed by atoms with Gasteiger partial charge in [0.15, 0.2) is 0 Å². The molecule has 0 aromatic heterocycles. The summed E-state index contributed by atoms with van der Waals surface area (Å²) in [6.07, 6.45) is 3.87. The van der Waals surface area contributed by atoms with E-state index in [1.807, 2.05) is 0 Å². The van der Waals surface area contributed by atoms with Crippen molar-refractivity contribution in [3.8, 4) is 0 Å². The van der Waals surface area contributed by atoms with Crippen LogP contribution in [0.4, 0.5) is 0 Å². The number of allylic oxidation sites excluding steroid dienone is 2. The summed E-state index contributed by atoms with van der Waals surface area (Å²) >= 11 is 0. The molecule has 5 nitrogen and oxygen atoms in total. The van der Waals surface area contributed by atoms with E-state index in [0.717, 1.165) is 0 Å². The summed E-state index contributed by atoms with van der Waals surface area (Å²) in [7, 11) is 0. The summed E-state index contributed by atoms with van der Waals surface area (Å²) in [6.45, 7) is -0.252. The number of aliphatic hydroxyl groups is 2. The van der Waals surface area contributed by atoms with Gasteiger partial charge in [0.2, 0.25) is 0 Å². The Morgan fingerprint density at radius 1 is 1.69 bits per heavy atom. The van der Waals surface area contributed by atoms with Gasteiger partial charge < -0.3 is 21.1 Å². The van der Waals surface area contributed by atoms with Crippen molar-refractivity contribution in [3.63, 3.8) is 0 Å². The molecule has 1 aliphatic carbocycles. The highest BCUT2D eigenvalue weighted by Gasteiger charge is 2.42. The zero-order valence-electron chi connectivity index (χ0n) is 6.84. The fraction of sp³-hybridized carbons (Fsp3) is 0.375. The van der Waals surface area contributed by atoms with Crippen molar-refractivity contribution in [2.75, 3.05) is 6.54 Å². The Morgan fingerprint density at radius 3 is 2.69 bits per heavy atom. The average Bonchev–Trinajstić information content (AvgIpc) is 2.03. The molecule has 0 amide bonds. The predicted molar refractivity (Wildman–Crippen MR) is 45.0 cm³/mol. The lowest BCUT2D eigenvalue weighted by Gasteiger charge is -2.30. The van der Waals surface area contributed by atoms with Crippen LogP contribution in [-0.4, -0.2) is 33.4 Å². The highest BCUT2D eigenvalue weighted by atomic mass is 16.4. The Balaban J connectivity index is 3.06. The lowest BCUT2D eigenvalue weighted by atomic mass is 9.82. The number of rotatable bonds is 2. The molecule has 0 aliphatic heterocycles. The molecule has 5 heteroatoms. The van der Waals surface area contributed by atoms with Gasteiger partial charge in [-0.05, 0) is 6.08 Å². The predicted octanol–water partition coefficient (Wildman–Crippen LogP) is -0.611. The number of nitrogens with two attached hydrogens (primary N) is 1. The molecule has 0 aromatic carbocycles. The van der Waals surface area contributed by atoms with Crippen molar-refractivity contribution in [1.82, 2.24) is 0 Å². The summed E-state index contributed by atoms with van der Waals surface area (Å²) < 4.78 is 0. The lowest BCUT2D eigenvalue weighted by Crippen LogP contribution is -2.48. The third kappa shape index (κ3) is 1.56. The van der Waals surface area contributed by atoms with E-state index < -0.39 is 17.5 Å². The topological polar surface area (TPSA) is 104 Å². The minimum Gasteiger partial charge on any atom is -0.511 e. The Bertz CT molecular complexity index is 284. The van der Waals surface area contributed by atoms with Crippen molar-refractivity contribution in [3.05, 3.63) is 24.0 Å². The van der Waals surface area contributed by atoms with Crippen LogP contribution in [0.5, 0.6) is 0 Å². The summed E-state index contributed by atoms with van der Waals surface area (Å²) in [5.74, 6) is -3.06. The van der Waals surface area contributed by atoms with Crippen molar-refractivity contribution in [2.24, 2.45) is 11.7 Å². The quantitative estimate of drug-likeness (QED) is 0.459. The Labute approximate surface area is 74.8 Å². The number of aliphatic hydroxyl groups excluding tert-OH is 1. The van der Waals surface area contributed by atoms with Crippen LogP contribution in [0.25, 0.3) is 0 Å². The molecule has 72 valence electrons. The molecule has 0 fully saturated rings. The zero-order valence-corrected chi connectivity index (χ0v) is 6.84. The highest BCUT2D eigenvalue weighted by molar-refractivity contribution is 5.76. The van der Waals surface area contributed by atoms with Crippen LogP contribution >= 0.6 is 0 Å². The van der Waals surface area contributed by atoms with Crippen LogP contribution in [-0.2, 0) is 4.79 Å². The van der Waals surface area contributed by atoms with Crippen LogP contribution in [0.3, 0.4) is 0 Å². The second-order valence-electron chi connectivity index (χ2n) is 2.92. The molecule has 0 aromatic rings. The molecule has 5 N–H and O–H groups in total. The Hall–Kier alpha value is -1.33. The van der Waals surface area contributed by atoms with Crippen LogP contribution in [0.15, 0.2) is 24.0 Å². The monoisotopic (exact) mass is 185 g/mol. The average molecular weight is 185 g/mol. The van der Waals surface area contributed by atoms with Gasteiger partial charge in [0, 0.05) is 6.54 Å². The standard InChI is InChI=1S/C8H11NO4/c9-4-8(13)3-1-2-5(10)6(8)7(11)12/h1-3,6,10,13H,4,9H2,(H,11,12). The number of carbonyl (C=O) groups is 1. The smallest absolute Gasteiger partial charge is 0.317 e. The van der Waals surface area contributed by atoms with E-state index in [2.05, 4.69) is 0 Å². The molecule has 1 rings (SSSR count). The molecule has 2 atom stereocenters. The first kappa shape index (κ1) is 9.76. The first-order valence-electron chi connectivity index (χ1n) is 3.75. The van der Waals surface area contributed by atoms with Gasteiger partial charge >= 0.3 is 5.97 Å². The fourth-order valence-electron chi connectivity index (χ4n) is 1.29. The maximum Gasteiger partial charge on any atom is 0.317 e. The van der Waals surface area contributed by atoms with Crippen molar-refractivity contribution >= 4 is 5.97 Å². The molecule has 13 heavy (non-hydrogen) atoms. The maximum atomic E-state index is 10.7. The summed E-state index contributed by atoms with van der Waals surface area (Å²) in [4.78, 5) is 10.7. The molecule has 0 heterocycles. The van der Waals surface area contributed by atoms with Gasteiger partial charge in [-0.15, -0.1) is 0 Å². The van der Waals surface area contributed by atoms with Gasteiger partial charge in [-0.3, -0.25) is 4.79 Å². The minimum absolute atomic E-state index is 0.252. The van der Waals surface area contributed by atoms with Gasteiger partial charge in [0.05, 0.1) is 0 Å². The number of carboxylic acid groups (broad SMARTS) is 1. The number of aliphatic carboxylic acids is 1. The molecule has 0 bridgehead atoms. The van der Waals surface area contributed by atoms with Crippen LogP contribution in [0.2, 0.25) is 0 Å².